The van der Waals surface area contributed by atoms with E-state index in [2.05, 4.69) is 5.32 Å². The molecule has 0 aromatic heterocycles. The molecule has 1 aromatic rings. The Morgan fingerprint density at radius 3 is 2.50 bits per heavy atom. The highest BCUT2D eigenvalue weighted by Crippen LogP contribution is 2.18. The predicted molar refractivity (Wildman–Crippen MR) is 75.1 cm³/mol. The number of ether oxygens (including phenoxy) is 1. The Balaban J connectivity index is 2.14. The minimum Gasteiger partial charge on any atom is -0.359 e. The smallest absolute Gasteiger partial charge is 0.320 e. The van der Waals surface area contributed by atoms with Crippen molar-refractivity contribution in [2.24, 2.45) is 5.92 Å². The van der Waals surface area contributed by atoms with Crippen LogP contribution in [0.1, 0.15) is 25.5 Å². The van der Waals surface area contributed by atoms with Crippen molar-refractivity contribution in [1.82, 2.24) is 10.2 Å². The fourth-order valence-electron chi connectivity index (χ4n) is 2.09. The van der Waals surface area contributed by atoms with Crippen LogP contribution in [0, 0.1) is 5.92 Å². The second kappa shape index (κ2) is 6.52. The zero-order chi connectivity index (χ0) is 14.5. The molecule has 1 aliphatic rings. The lowest BCUT2D eigenvalue weighted by Gasteiger charge is -2.23. The number of nitrogens with zero attached hydrogens (tertiary/aromatic N) is 1. The van der Waals surface area contributed by atoms with E-state index in [9.17, 15) is 9.59 Å². The van der Waals surface area contributed by atoms with Crippen LogP contribution in [0.2, 0.25) is 0 Å². The monoisotopic (exact) mass is 276 g/mol. The van der Waals surface area contributed by atoms with Crippen molar-refractivity contribution in [3.63, 3.8) is 0 Å². The Labute approximate surface area is 118 Å². The summed E-state index contributed by atoms with van der Waals surface area (Å²) in [5, 5.41) is 2.81. The van der Waals surface area contributed by atoms with Gasteiger partial charge in [0.2, 0.25) is 0 Å². The molecule has 0 bridgehead atoms. The summed E-state index contributed by atoms with van der Waals surface area (Å²) in [5.74, 6) is -0.139. The van der Waals surface area contributed by atoms with Crippen LogP contribution in [0.3, 0.4) is 0 Å². The first-order chi connectivity index (χ1) is 9.59. The largest absolute Gasteiger partial charge is 0.359 e. The van der Waals surface area contributed by atoms with Gasteiger partial charge in [0, 0.05) is 12.5 Å². The third-order valence-electron chi connectivity index (χ3n) is 3.29. The first-order valence-electron chi connectivity index (χ1n) is 6.81. The van der Waals surface area contributed by atoms with Crippen molar-refractivity contribution in [2.45, 2.75) is 19.9 Å². The summed E-state index contributed by atoms with van der Waals surface area (Å²) in [6.07, 6.45) is 0. The third kappa shape index (κ3) is 3.36. The quantitative estimate of drug-likeness (QED) is 0.914. The Morgan fingerprint density at radius 1 is 1.25 bits per heavy atom. The van der Waals surface area contributed by atoms with Crippen LogP contribution in [-0.2, 0) is 9.53 Å². The normalized spacial score (nSPS) is 16.2. The van der Waals surface area contributed by atoms with Crippen LogP contribution in [0.15, 0.2) is 30.3 Å². The summed E-state index contributed by atoms with van der Waals surface area (Å²) in [6, 6.07) is 8.45. The first-order valence-corrected chi connectivity index (χ1v) is 6.81. The number of hydrogen-bond acceptors (Lipinski definition) is 3. The molecule has 1 saturated heterocycles. The molecule has 5 heteroatoms. The van der Waals surface area contributed by atoms with E-state index >= 15 is 0 Å². The zero-order valence-corrected chi connectivity index (χ0v) is 11.8. The molecule has 1 N–H and O–H groups in total. The SMILES string of the molecule is CC(C)C(=O)[C@H](NC(=O)N1CCOC1)c1ccccc1. The van der Waals surface area contributed by atoms with Crippen molar-refractivity contribution < 1.29 is 14.3 Å². The molecule has 1 fully saturated rings. The maximum atomic E-state index is 12.3. The molecule has 1 aromatic carbocycles. The number of nitrogens with one attached hydrogen (secondary N) is 1. The average molecular weight is 276 g/mol. The molecule has 1 aliphatic heterocycles. The number of amides is 2. The summed E-state index contributed by atoms with van der Waals surface area (Å²) in [6.45, 7) is 5.06. The van der Waals surface area contributed by atoms with Gasteiger partial charge in [0.15, 0.2) is 5.78 Å². The van der Waals surface area contributed by atoms with E-state index in [1.165, 1.54) is 0 Å². The number of ketones is 1. The summed E-state index contributed by atoms with van der Waals surface area (Å²) in [5.41, 5.74) is 0.805. The molecule has 2 rings (SSSR count). The van der Waals surface area contributed by atoms with Gasteiger partial charge < -0.3 is 10.1 Å². The van der Waals surface area contributed by atoms with E-state index < -0.39 is 6.04 Å². The van der Waals surface area contributed by atoms with Crippen LogP contribution >= 0.6 is 0 Å². The van der Waals surface area contributed by atoms with Gasteiger partial charge in [-0.15, -0.1) is 0 Å². The van der Waals surface area contributed by atoms with Crippen LogP contribution in [-0.4, -0.2) is 36.6 Å². The first kappa shape index (κ1) is 14.5. The number of Topliss-reactive ketones (excluding diaryl/α,β-unsaturated/α-hetero) is 1. The van der Waals surface area contributed by atoms with Crippen molar-refractivity contribution in [3.8, 4) is 0 Å². The number of benzene rings is 1. The van der Waals surface area contributed by atoms with Crippen LogP contribution in [0.5, 0.6) is 0 Å². The number of carbonyl (C=O) groups is 2. The van der Waals surface area contributed by atoms with E-state index in [1.54, 1.807) is 4.90 Å². The molecule has 1 atom stereocenters. The van der Waals surface area contributed by atoms with Gasteiger partial charge in [0.1, 0.15) is 12.8 Å². The van der Waals surface area contributed by atoms with E-state index in [-0.39, 0.29) is 24.5 Å². The Morgan fingerprint density at radius 2 is 1.95 bits per heavy atom. The van der Waals surface area contributed by atoms with Gasteiger partial charge in [-0.3, -0.25) is 9.69 Å². The molecule has 0 spiro atoms. The number of rotatable bonds is 4. The van der Waals surface area contributed by atoms with Gasteiger partial charge in [-0.25, -0.2) is 4.79 Å². The summed E-state index contributed by atoms with van der Waals surface area (Å²) in [4.78, 5) is 26.0. The third-order valence-corrected chi connectivity index (χ3v) is 3.29. The second-order valence-corrected chi connectivity index (χ2v) is 5.15. The van der Waals surface area contributed by atoms with Crippen molar-refractivity contribution >= 4 is 11.8 Å². The lowest BCUT2D eigenvalue weighted by Crippen LogP contribution is -2.43. The van der Waals surface area contributed by atoms with Gasteiger partial charge in [-0.2, -0.15) is 0 Å². The van der Waals surface area contributed by atoms with Gasteiger partial charge in [0.25, 0.3) is 0 Å². The zero-order valence-electron chi connectivity index (χ0n) is 11.8. The Kier molecular flexibility index (Phi) is 4.74. The van der Waals surface area contributed by atoms with Crippen molar-refractivity contribution in [2.75, 3.05) is 19.9 Å². The van der Waals surface area contributed by atoms with E-state index in [1.807, 2.05) is 44.2 Å². The minimum absolute atomic E-state index is 0.00432. The van der Waals surface area contributed by atoms with E-state index in [4.69, 9.17) is 4.74 Å². The van der Waals surface area contributed by atoms with Crippen molar-refractivity contribution in [1.29, 1.82) is 0 Å². The van der Waals surface area contributed by atoms with Gasteiger partial charge in [-0.05, 0) is 5.56 Å². The highest BCUT2D eigenvalue weighted by atomic mass is 16.5. The molecule has 108 valence electrons. The topological polar surface area (TPSA) is 58.6 Å². The number of carbonyl (C=O) groups excluding carboxylic acids is 2. The lowest BCUT2D eigenvalue weighted by atomic mass is 9.95. The highest BCUT2D eigenvalue weighted by Gasteiger charge is 2.27. The molecule has 0 aliphatic carbocycles. The Hall–Kier alpha value is -1.88. The fourth-order valence-corrected chi connectivity index (χ4v) is 2.09. The van der Waals surface area contributed by atoms with Gasteiger partial charge in [-0.1, -0.05) is 44.2 Å². The lowest BCUT2D eigenvalue weighted by molar-refractivity contribution is -0.123. The summed E-state index contributed by atoms with van der Waals surface area (Å²) < 4.78 is 5.15. The molecule has 2 amide bonds. The van der Waals surface area contributed by atoms with Crippen LogP contribution in [0.25, 0.3) is 0 Å². The van der Waals surface area contributed by atoms with E-state index in [0.717, 1.165) is 5.56 Å². The maximum absolute atomic E-state index is 12.3. The molecule has 0 radical (unpaired) electrons. The predicted octanol–water partition coefficient (Wildman–Crippen LogP) is 1.95. The second-order valence-electron chi connectivity index (χ2n) is 5.15. The number of hydrogen-bond donors (Lipinski definition) is 1. The molecule has 20 heavy (non-hydrogen) atoms. The average Bonchev–Trinajstić information content (AvgIpc) is 2.99. The Bertz CT molecular complexity index is 467. The van der Waals surface area contributed by atoms with E-state index in [0.29, 0.717) is 13.2 Å². The summed E-state index contributed by atoms with van der Waals surface area (Å²) in [7, 11) is 0. The fraction of sp³-hybridized carbons (Fsp3) is 0.467. The van der Waals surface area contributed by atoms with Gasteiger partial charge >= 0.3 is 6.03 Å². The van der Waals surface area contributed by atoms with Crippen LogP contribution < -0.4 is 5.32 Å². The maximum Gasteiger partial charge on any atom is 0.320 e. The van der Waals surface area contributed by atoms with Crippen LogP contribution in [0.4, 0.5) is 4.79 Å². The molecule has 5 nitrogen and oxygen atoms in total. The van der Waals surface area contributed by atoms with Crippen molar-refractivity contribution in [3.05, 3.63) is 35.9 Å². The summed E-state index contributed by atoms with van der Waals surface area (Å²) >= 11 is 0. The highest BCUT2D eigenvalue weighted by molar-refractivity contribution is 5.90. The van der Waals surface area contributed by atoms with Gasteiger partial charge in [0.05, 0.1) is 6.61 Å². The molecule has 1 heterocycles. The molecular formula is C15H20N2O3. The minimum atomic E-state index is -0.607. The molecular weight excluding hydrogens is 256 g/mol. The molecule has 0 unspecified atom stereocenters. The number of urea groups is 1. The standard InChI is InChI=1S/C15H20N2O3/c1-11(2)14(18)13(12-6-4-3-5-7-12)16-15(19)17-8-9-20-10-17/h3-7,11,13H,8-10H2,1-2H3,(H,16,19)/t13-/m1/s1. The molecule has 0 saturated carbocycles.